The zero-order valence-corrected chi connectivity index (χ0v) is 15.0. The zero-order valence-electron chi connectivity index (χ0n) is 14.2. The van der Waals surface area contributed by atoms with Crippen LogP contribution >= 0.6 is 11.3 Å². The maximum atomic E-state index is 12.4. The minimum Gasteiger partial charge on any atom is -0.350 e. The number of hydrogen-bond donors (Lipinski definition) is 2. The molecule has 0 bridgehead atoms. The average molecular weight is 356 g/mol. The molecule has 0 spiro atoms. The second-order valence-electron chi connectivity index (χ2n) is 5.95. The Balaban J connectivity index is 1.59. The van der Waals surface area contributed by atoms with E-state index in [1.165, 1.54) is 23.2 Å². The highest BCUT2D eigenvalue weighted by Gasteiger charge is 2.18. The summed E-state index contributed by atoms with van der Waals surface area (Å²) in [6.45, 7) is 3.90. The van der Waals surface area contributed by atoms with Gasteiger partial charge in [-0.3, -0.25) is 9.59 Å². The van der Waals surface area contributed by atoms with Gasteiger partial charge in [0.15, 0.2) is 0 Å². The smallest absolute Gasteiger partial charge is 0.261 e. The van der Waals surface area contributed by atoms with Crippen molar-refractivity contribution >= 4 is 27.5 Å². The van der Waals surface area contributed by atoms with Gasteiger partial charge in [-0.15, -0.1) is 11.3 Å². The molecule has 0 aliphatic rings. The monoisotopic (exact) mass is 356 g/mol. The lowest BCUT2D eigenvalue weighted by Gasteiger charge is -2.16. The number of aromatic amines is 1. The standard InChI is InChI=1S/C18H20N4O2S/c1-12-14-16(23)20-11-21-18(14)25-15(12)17(24)19-8-9-22(2)10-13-6-4-3-5-7-13/h3-7,11H,8-10H2,1-2H3,(H,19,24)(H,20,21,23). The Morgan fingerprint density at radius 2 is 2.08 bits per heavy atom. The van der Waals surface area contributed by atoms with Crippen LogP contribution in [0.3, 0.4) is 0 Å². The topological polar surface area (TPSA) is 78.1 Å². The average Bonchev–Trinajstić information content (AvgIpc) is 2.94. The fourth-order valence-corrected chi connectivity index (χ4v) is 3.78. The third-order valence-electron chi connectivity index (χ3n) is 4.01. The lowest BCUT2D eigenvalue weighted by atomic mass is 10.2. The molecule has 1 aromatic carbocycles. The summed E-state index contributed by atoms with van der Waals surface area (Å²) < 4.78 is 0. The van der Waals surface area contributed by atoms with Gasteiger partial charge < -0.3 is 15.2 Å². The van der Waals surface area contributed by atoms with Gasteiger partial charge >= 0.3 is 0 Å². The van der Waals surface area contributed by atoms with Gasteiger partial charge in [-0.25, -0.2) is 4.98 Å². The molecule has 0 atom stereocenters. The van der Waals surface area contributed by atoms with Crippen LogP contribution in [0.2, 0.25) is 0 Å². The van der Waals surface area contributed by atoms with E-state index in [1.807, 2.05) is 25.2 Å². The number of benzene rings is 1. The number of H-pyrrole nitrogens is 1. The highest BCUT2D eigenvalue weighted by atomic mass is 32.1. The minimum absolute atomic E-state index is 0.159. The number of aromatic nitrogens is 2. The van der Waals surface area contributed by atoms with Gasteiger partial charge in [-0.05, 0) is 25.1 Å². The summed E-state index contributed by atoms with van der Waals surface area (Å²) in [6.07, 6.45) is 1.36. The third-order valence-corrected chi connectivity index (χ3v) is 5.21. The SMILES string of the molecule is Cc1c(C(=O)NCCN(C)Cc2ccccc2)sc2nc[nH]c(=O)c12. The van der Waals surface area contributed by atoms with Crippen LogP contribution in [0.1, 0.15) is 20.8 Å². The highest BCUT2D eigenvalue weighted by Crippen LogP contribution is 2.26. The molecule has 0 saturated heterocycles. The number of hydrogen-bond acceptors (Lipinski definition) is 5. The Labute approximate surface area is 149 Å². The fourth-order valence-electron chi connectivity index (χ4n) is 2.71. The van der Waals surface area contributed by atoms with Crippen molar-refractivity contribution in [3.8, 4) is 0 Å². The highest BCUT2D eigenvalue weighted by molar-refractivity contribution is 7.20. The largest absolute Gasteiger partial charge is 0.350 e. The van der Waals surface area contributed by atoms with Crippen molar-refractivity contribution in [2.24, 2.45) is 0 Å². The van der Waals surface area contributed by atoms with Crippen LogP contribution in [0.25, 0.3) is 10.2 Å². The van der Waals surface area contributed by atoms with E-state index in [1.54, 1.807) is 6.92 Å². The first-order valence-electron chi connectivity index (χ1n) is 8.03. The van der Waals surface area contributed by atoms with Crippen molar-refractivity contribution in [2.45, 2.75) is 13.5 Å². The fraction of sp³-hybridized carbons (Fsp3) is 0.278. The Hall–Kier alpha value is -2.51. The Morgan fingerprint density at radius 3 is 2.80 bits per heavy atom. The van der Waals surface area contributed by atoms with Gasteiger partial charge in [0.2, 0.25) is 0 Å². The van der Waals surface area contributed by atoms with Gasteiger partial charge in [-0.1, -0.05) is 30.3 Å². The Kier molecular flexibility index (Phi) is 5.25. The van der Waals surface area contributed by atoms with Crippen molar-refractivity contribution in [2.75, 3.05) is 20.1 Å². The number of likely N-dealkylation sites (N-methyl/N-ethyl adjacent to an activating group) is 1. The van der Waals surface area contributed by atoms with Crippen LogP contribution in [0, 0.1) is 6.92 Å². The third kappa shape index (κ3) is 3.94. The van der Waals surface area contributed by atoms with E-state index in [2.05, 4.69) is 32.3 Å². The summed E-state index contributed by atoms with van der Waals surface area (Å²) >= 11 is 1.25. The van der Waals surface area contributed by atoms with E-state index < -0.39 is 0 Å². The molecule has 0 radical (unpaired) electrons. The predicted molar refractivity (Wildman–Crippen MR) is 100 cm³/mol. The lowest BCUT2D eigenvalue weighted by molar-refractivity contribution is 0.0953. The van der Waals surface area contributed by atoms with Crippen molar-refractivity contribution < 1.29 is 4.79 Å². The molecule has 2 N–H and O–H groups in total. The predicted octanol–water partition coefficient (Wildman–Crippen LogP) is 2.15. The molecule has 0 unspecified atom stereocenters. The van der Waals surface area contributed by atoms with Crippen molar-refractivity contribution in [1.82, 2.24) is 20.2 Å². The second kappa shape index (κ2) is 7.58. The van der Waals surface area contributed by atoms with Crippen molar-refractivity contribution in [3.05, 3.63) is 63.0 Å². The van der Waals surface area contributed by atoms with Crippen LogP contribution in [0.15, 0.2) is 41.5 Å². The molecular weight excluding hydrogens is 336 g/mol. The number of amides is 1. The zero-order chi connectivity index (χ0) is 17.8. The first kappa shape index (κ1) is 17.3. The van der Waals surface area contributed by atoms with E-state index in [0.717, 1.165) is 13.1 Å². The molecule has 7 heteroatoms. The number of rotatable bonds is 6. The maximum Gasteiger partial charge on any atom is 0.261 e. The number of thiophene rings is 1. The van der Waals surface area contributed by atoms with Crippen LogP contribution in [0.4, 0.5) is 0 Å². The van der Waals surface area contributed by atoms with Crippen LogP contribution in [-0.2, 0) is 6.54 Å². The first-order chi connectivity index (χ1) is 12.1. The van der Waals surface area contributed by atoms with E-state index in [0.29, 0.717) is 27.2 Å². The summed E-state index contributed by atoms with van der Waals surface area (Å²) in [5.74, 6) is -0.159. The van der Waals surface area contributed by atoms with E-state index in [-0.39, 0.29) is 11.5 Å². The van der Waals surface area contributed by atoms with E-state index in [4.69, 9.17) is 0 Å². The minimum atomic E-state index is -0.208. The van der Waals surface area contributed by atoms with Gasteiger partial charge in [0.05, 0.1) is 16.6 Å². The molecule has 3 aromatic rings. The van der Waals surface area contributed by atoms with Gasteiger partial charge in [0.25, 0.3) is 11.5 Å². The molecule has 0 fully saturated rings. The number of nitrogens with zero attached hydrogens (tertiary/aromatic N) is 2. The normalized spacial score (nSPS) is 11.2. The first-order valence-corrected chi connectivity index (χ1v) is 8.85. The summed E-state index contributed by atoms with van der Waals surface area (Å²) in [6, 6.07) is 10.2. The molecule has 2 heterocycles. The summed E-state index contributed by atoms with van der Waals surface area (Å²) in [5.41, 5.74) is 1.71. The number of carbonyl (C=O) groups excluding carboxylic acids is 1. The number of nitrogens with one attached hydrogen (secondary N) is 2. The number of carbonyl (C=O) groups is 1. The Bertz CT molecular complexity index is 933. The van der Waals surface area contributed by atoms with Crippen molar-refractivity contribution in [3.63, 3.8) is 0 Å². The quantitative estimate of drug-likeness (QED) is 0.709. The lowest BCUT2D eigenvalue weighted by Crippen LogP contribution is -2.32. The molecule has 25 heavy (non-hydrogen) atoms. The molecule has 1 amide bonds. The molecule has 130 valence electrons. The molecule has 0 aliphatic heterocycles. The molecular formula is C18H20N4O2S. The number of aryl methyl sites for hydroxylation is 1. The summed E-state index contributed by atoms with van der Waals surface area (Å²) in [5, 5.41) is 3.43. The van der Waals surface area contributed by atoms with E-state index >= 15 is 0 Å². The molecule has 0 saturated carbocycles. The van der Waals surface area contributed by atoms with E-state index in [9.17, 15) is 9.59 Å². The molecule has 2 aromatic heterocycles. The van der Waals surface area contributed by atoms with Crippen LogP contribution in [-0.4, -0.2) is 40.9 Å². The van der Waals surface area contributed by atoms with Gasteiger partial charge in [0.1, 0.15) is 4.83 Å². The number of fused-ring (bicyclic) bond motifs is 1. The van der Waals surface area contributed by atoms with Crippen LogP contribution < -0.4 is 10.9 Å². The molecule has 0 aliphatic carbocycles. The van der Waals surface area contributed by atoms with Gasteiger partial charge in [-0.2, -0.15) is 0 Å². The Morgan fingerprint density at radius 1 is 1.32 bits per heavy atom. The molecule has 3 rings (SSSR count). The molecule has 6 nitrogen and oxygen atoms in total. The summed E-state index contributed by atoms with van der Waals surface area (Å²) in [7, 11) is 2.02. The van der Waals surface area contributed by atoms with Gasteiger partial charge in [0, 0.05) is 19.6 Å². The van der Waals surface area contributed by atoms with Crippen LogP contribution in [0.5, 0.6) is 0 Å². The maximum absolute atomic E-state index is 12.4. The van der Waals surface area contributed by atoms with Crippen molar-refractivity contribution in [1.29, 1.82) is 0 Å². The second-order valence-corrected chi connectivity index (χ2v) is 6.95. The summed E-state index contributed by atoms with van der Waals surface area (Å²) in [4.78, 5) is 34.3.